The van der Waals surface area contributed by atoms with E-state index in [0.29, 0.717) is 0 Å². The molecule has 2 rings (SSSR count). The van der Waals surface area contributed by atoms with Crippen LogP contribution in [0.15, 0.2) is 18.2 Å². The van der Waals surface area contributed by atoms with Gasteiger partial charge in [0.15, 0.2) is 0 Å². The Hall–Kier alpha value is -0.880. The van der Waals surface area contributed by atoms with Gasteiger partial charge in [0.25, 0.3) is 0 Å². The number of halogens is 3. The molecule has 1 atom stereocenters. The van der Waals surface area contributed by atoms with Crippen molar-refractivity contribution in [2.45, 2.75) is 19.9 Å². The summed E-state index contributed by atoms with van der Waals surface area (Å²) in [5, 5.41) is 5.90. The number of hydrogen-bond donors (Lipinski definition) is 2. The molecule has 1 unspecified atom stereocenters. The molecule has 21 heavy (non-hydrogen) atoms. The fourth-order valence-corrected chi connectivity index (χ4v) is 2.19. The van der Waals surface area contributed by atoms with Crippen molar-refractivity contribution in [3.63, 3.8) is 0 Å². The van der Waals surface area contributed by atoms with Crippen LogP contribution < -0.4 is 10.6 Å². The zero-order valence-electron chi connectivity index (χ0n) is 12.2. The zero-order chi connectivity index (χ0) is 13.8. The van der Waals surface area contributed by atoms with Crippen molar-refractivity contribution in [1.82, 2.24) is 10.2 Å². The molecule has 1 amide bonds. The summed E-state index contributed by atoms with van der Waals surface area (Å²) in [4.78, 5) is 14.2. The van der Waals surface area contributed by atoms with Crippen LogP contribution in [-0.4, -0.2) is 43.0 Å². The maximum absolute atomic E-state index is 13.7. The van der Waals surface area contributed by atoms with Gasteiger partial charge in [-0.15, -0.1) is 24.8 Å². The second kappa shape index (κ2) is 9.20. The molecule has 1 aliphatic rings. The van der Waals surface area contributed by atoms with Crippen molar-refractivity contribution < 1.29 is 9.18 Å². The van der Waals surface area contributed by atoms with Gasteiger partial charge < -0.3 is 10.6 Å². The standard InChI is InChI=1S/C14H20FN3O.2ClH/c1-10-3-4-13(12(15)9-10)17-14(19)11(2)18-7-5-16-6-8-18;;/h3-4,9,11,16H,5-8H2,1-2H3,(H,17,19);2*1H. The summed E-state index contributed by atoms with van der Waals surface area (Å²) in [6.45, 7) is 7.12. The predicted molar refractivity (Wildman–Crippen MR) is 88.2 cm³/mol. The molecule has 1 heterocycles. The van der Waals surface area contributed by atoms with Crippen LogP contribution in [0.25, 0.3) is 0 Å². The lowest BCUT2D eigenvalue weighted by Gasteiger charge is -2.31. The van der Waals surface area contributed by atoms with Gasteiger partial charge in [-0.1, -0.05) is 6.07 Å². The smallest absolute Gasteiger partial charge is 0.241 e. The van der Waals surface area contributed by atoms with Crippen molar-refractivity contribution in [2.24, 2.45) is 0 Å². The minimum absolute atomic E-state index is 0. The van der Waals surface area contributed by atoms with Crippen LogP contribution in [0.5, 0.6) is 0 Å². The van der Waals surface area contributed by atoms with Crippen LogP contribution in [0.3, 0.4) is 0 Å². The minimum atomic E-state index is -0.388. The molecule has 1 aromatic carbocycles. The molecule has 1 fully saturated rings. The number of piperazine rings is 1. The van der Waals surface area contributed by atoms with Crippen LogP contribution in [0, 0.1) is 12.7 Å². The first-order valence-electron chi connectivity index (χ1n) is 6.59. The molecule has 0 aliphatic carbocycles. The Morgan fingerprint density at radius 3 is 2.52 bits per heavy atom. The van der Waals surface area contributed by atoms with Gasteiger partial charge in [-0.3, -0.25) is 9.69 Å². The topological polar surface area (TPSA) is 44.4 Å². The molecule has 0 radical (unpaired) electrons. The molecule has 1 aliphatic heterocycles. The van der Waals surface area contributed by atoms with E-state index in [-0.39, 0.29) is 48.3 Å². The summed E-state index contributed by atoms with van der Waals surface area (Å²) < 4.78 is 13.7. The number of aryl methyl sites for hydroxylation is 1. The Kier molecular flexibility index (Phi) is 8.82. The number of amides is 1. The van der Waals surface area contributed by atoms with E-state index >= 15 is 0 Å². The van der Waals surface area contributed by atoms with E-state index in [0.717, 1.165) is 31.7 Å². The number of anilines is 1. The van der Waals surface area contributed by atoms with Crippen molar-refractivity contribution in [2.75, 3.05) is 31.5 Å². The van der Waals surface area contributed by atoms with Gasteiger partial charge >= 0.3 is 0 Å². The Bertz CT molecular complexity index is 468. The van der Waals surface area contributed by atoms with E-state index < -0.39 is 0 Å². The van der Waals surface area contributed by atoms with E-state index in [4.69, 9.17) is 0 Å². The third kappa shape index (κ3) is 5.43. The molecule has 0 bridgehead atoms. The number of hydrogen-bond acceptors (Lipinski definition) is 3. The highest BCUT2D eigenvalue weighted by Crippen LogP contribution is 2.16. The summed E-state index contributed by atoms with van der Waals surface area (Å²) in [6, 6.07) is 4.56. The average molecular weight is 338 g/mol. The Labute approximate surface area is 137 Å². The molecular weight excluding hydrogens is 316 g/mol. The number of rotatable bonds is 3. The number of carbonyl (C=O) groups is 1. The van der Waals surface area contributed by atoms with E-state index in [1.807, 2.05) is 13.8 Å². The lowest BCUT2D eigenvalue weighted by molar-refractivity contribution is -0.121. The molecule has 0 spiro atoms. The second-order valence-electron chi connectivity index (χ2n) is 4.93. The Morgan fingerprint density at radius 1 is 1.33 bits per heavy atom. The average Bonchev–Trinajstić information content (AvgIpc) is 2.42. The van der Waals surface area contributed by atoms with Gasteiger partial charge in [0.2, 0.25) is 5.91 Å². The lowest BCUT2D eigenvalue weighted by atomic mass is 10.2. The highest BCUT2D eigenvalue weighted by molar-refractivity contribution is 5.94. The number of benzene rings is 1. The van der Waals surface area contributed by atoms with E-state index in [1.54, 1.807) is 12.1 Å². The van der Waals surface area contributed by atoms with Crippen molar-refractivity contribution >= 4 is 36.4 Å². The maximum Gasteiger partial charge on any atom is 0.241 e. The maximum atomic E-state index is 13.7. The first kappa shape index (κ1) is 20.1. The fraction of sp³-hybridized carbons (Fsp3) is 0.500. The van der Waals surface area contributed by atoms with Crippen LogP contribution in [0.4, 0.5) is 10.1 Å². The van der Waals surface area contributed by atoms with E-state index in [9.17, 15) is 9.18 Å². The number of nitrogens with one attached hydrogen (secondary N) is 2. The van der Waals surface area contributed by atoms with E-state index in [1.165, 1.54) is 6.07 Å². The highest BCUT2D eigenvalue weighted by atomic mass is 35.5. The number of nitrogens with zero attached hydrogens (tertiary/aromatic N) is 1. The van der Waals surface area contributed by atoms with Gasteiger partial charge in [0, 0.05) is 26.2 Å². The molecule has 120 valence electrons. The van der Waals surface area contributed by atoms with Gasteiger partial charge in [-0.2, -0.15) is 0 Å². The van der Waals surface area contributed by atoms with Crippen LogP contribution in [-0.2, 0) is 4.79 Å². The first-order chi connectivity index (χ1) is 9.08. The molecule has 0 aromatic heterocycles. The predicted octanol–water partition coefficient (Wildman–Crippen LogP) is 2.21. The third-order valence-electron chi connectivity index (χ3n) is 3.46. The van der Waals surface area contributed by atoms with Crippen molar-refractivity contribution in [1.29, 1.82) is 0 Å². The fourth-order valence-electron chi connectivity index (χ4n) is 2.19. The summed E-state index contributed by atoms with van der Waals surface area (Å²) >= 11 is 0. The van der Waals surface area contributed by atoms with E-state index in [2.05, 4.69) is 15.5 Å². The minimum Gasteiger partial charge on any atom is -0.322 e. The summed E-state index contributed by atoms with van der Waals surface area (Å²) in [7, 11) is 0. The molecule has 7 heteroatoms. The van der Waals surface area contributed by atoms with Crippen LogP contribution in [0.1, 0.15) is 12.5 Å². The molecule has 0 saturated carbocycles. The summed E-state index contributed by atoms with van der Waals surface area (Å²) in [5.41, 5.74) is 1.09. The second-order valence-corrected chi connectivity index (χ2v) is 4.93. The number of carbonyl (C=O) groups excluding carboxylic acids is 1. The molecular formula is C14H22Cl2FN3O. The molecule has 1 saturated heterocycles. The third-order valence-corrected chi connectivity index (χ3v) is 3.46. The zero-order valence-corrected chi connectivity index (χ0v) is 13.8. The molecule has 4 nitrogen and oxygen atoms in total. The van der Waals surface area contributed by atoms with Gasteiger partial charge in [0.1, 0.15) is 5.82 Å². The van der Waals surface area contributed by atoms with Gasteiger partial charge in [0.05, 0.1) is 11.7 Å². The summed E-state index contributed by atoms with van der Waals surface area (Å²) in [5.74, 6) is -0.550. The monoisotopic (exact) mass is 337 g/mol. The highest BCUT2D eigenvalue weighted by Gasteiger charge is 2.23. The van der Waals surface area contributed by atoms with Gasteiger partial charge in [-0.05, 0) is 31.5 Å². The van der Waals surface area contributed by atoms with Crippen molar-refractivity contribution in [3.05, 3.63) is 29.6 Å². The Morgan fingerprint density at radius 2 is 1.95 bits per heavy atom. The SMILES string of the molecule is Cc1ccc(NC(=O)C(C)N2CCNCC2)c(F)c1.Cl.Cl. The quantitative estimate of drug-likeness (QED) is 0.888. The normalized spacial score (nSPS) is 16.3. The van der Waals surface area contributed by atoms with Gasteiger partial charge in [-0.25, -0.2) is 4.39 Å². The first-order valence-corrected chi connectivity index (χ1v) is 6.59. The molecule has 2 N–H and O–H groups in total. The molecule has 1 aromatic rings. The van der Waals surface area contributed by atoms with Crippen LogP contribution >= 0.6 is 24.8 Å². The van der Waals surface area contributed by atoms with Crippen LogP contribution in [0.2, 0.25) is 0 Å². The lowest BCUT2D eigenvalue weighted by Crippen LogP contribution is -2.51. The van der Waals surface area contributed by atoms with Crippen molar-refractivity contribution in [3.8, 4) is 0 Å². The largest absolute Gasteiger partial charge is 0.322 e. The summed E-state index contributed by atoms with van der Waals surface area (Å²) in [6.07, 6.45) is 0. The Balaban J connectivity index is 0.00000200.